The van der Waals surface area contributed by atoms with E-state index in [0.29, 0.717) is 6.42 Å². The van der Waals surface area contributed by atoms with Crippen molar-refractivity contribution in [1.29, 1.82) is 0 Å². The van der Waals surface area contributed by atoms with E-state index in [2.05, 4.69) is 17.4 Å². The number of aliphatic carboxylic acids is 1. The van der Waals surface area contributed by atoms with E-state index in [-0.39, 0.29) is 44.4 Å². The van der Waals surface area contributed by atoms with Gasteiger partial charge >= 0.3 is 12.1 Å². The Morgan fingerprint density at radius 1 is 1.06 bits per heavy atom. The monoisotopic (exact) mass is 440 g/mol. The van der Waals surface area contributed by atoms with Gasteiger partial charge in [0.05, 0.1) is 12.5 Å². The molecule has 0 bridgehead atoms. The molecule has 2 amide bonds. The molecule has 0 aromatic heterocycles. The maximum Gasteiger partial charge on any atom is 0.407 e. The first-order chi connectivity index (χ1) is 15.4. The summed E-state index contributed by atoms with van der Waals surface area (Å²) in [6, 6.07) is 16.1. The molecular weight excluding hydrogens is 412 g/mol. The summed E-state index contributed by atoms with van der Waals surface area (Å²) in [5.74, 6) is -1.30. The highest BCUT2D eigenvalue weighted by atomic mass is 16.5. The van der Waals surface area contributed by atoms with Crippen LogP contribution < -0.4 is 5.32 Å². The Labute approximate surface area is 186 Å². The Morgan fingerprint density at radius 3 is 2.25 bits per heavy atom. The summed E-state index contributed by atoms with van der Waals surface area (Å²) in [5.41, 5.74) is 4.49. The highest BCUT2D eigenvalue weighted by Crippen LogP contribution is 2.44. The number of rotatable bonds is 10. The van der Waals surface area contributed by atoms with Gasteiger partial charge in [-0.1, -0.05) is 48.5 Å². The van der Waals surface area contributed by atoms with Crippen LogP contribution in [0.3, 0.4) is 0 Å². The molecule has 1 aliphatic rings. The molecule has 170 valence electrons. The van der Waals surface area contributed by atoms with E-state index in [0.717, 1.165) is 22.3 Å². The molecule has 8 nitrogen and oxygen atoms in total. The maximum atomic E-state index is 12.2. The van der Waals surface area contributed by atoms with Crippen LogP contribution in [-0.2, 0) is 14.3 Å². The molecule has 1 aliphatic carbocycles. The van der Waals surface area contributed by atoms with Crippen LogP contribution in [0.25, 0.3) is 11.1 Å². The zero-order chi connectivity index (χ0) is 23.1. The van der Waals surface area contributed by atoms with Crippen molar-refractivity contribution >= 4 is 18.0 Å². The summed E-state index contributed by atoms with van der Waals surface area (Å²) < 4.78 is 5.41. The number of aliphatic hydroxyl groups is 1. The second-order valence-electron chi connectivity index (χ2n) is 7.88. The Bertz CT molecular complexity index is 931. The summed E-state index contributed by atoms with van der Waals surface area (Å²) in [5, 5.41) is 21.2. The normalized spacial score (nSPS) is 13.1. The van der Waals surface area contributed by atoms with Gasteiger partial charge in [0.15, 0.2) is 0 Å². The number of amides is 2. The molecule has 32 heavy (non-hydrogen) atoms. The van der Waals surface area contributed by atoms with E-state index < -0.39 is 18.2 Å². The lowest BCUT2D eigenvalue weighted by Crippen LogP contribution is -2.37. The second kappa shape index (κ2) is 10.8. The van der Waals surface area contributed by atoms with Crippen LogP contribution >= 0.6 is 0 Å². The average Bonchev–Trinajstić information content (AvgIpc) is 3.09. The molecule has 0 saturated heterocycles. The van der Waals surface area contributed by atoms with Crippen molar-refractivity contribution in [3.8, 4) is 11.1 Å². The maximum absolute atomic E-state index is 12.2. The Balaban J connectivity index is 1.44. The van der Waals surface area contributed by atoms with E-state index in [9.17, 15) is 19.5 Å². The number of carbonyl (C=O) groups is 3. The molecule has 0 saturated carbocycles. The Hall–Kier alpha value is -3.39. The highest BCUT2D eigenvalue weighted by molar-refractivity contribution is 5.79. The standard InChI is InChI=1S/C24H28N2O6/c1-26(12-6-11-23(29)30)22(28)13-16(27)14-25-24(31)32-15-21-19-9-4-2-7-17(19)18-8-3-5-10-20(18)21/h2-5,7-10,16,21,27H,6,11-15H2,1H3,(H,25,31)(H,29,30). The average molecular weight is 440 g/mol. The van der Waals surface area contributed by atoms with Gasteiger partial charge in [-0.2, -0.15) is 0 Å². The van der Waals surface area contributed by atoms with Gasteiger partial charge in [-0.15, -0.1) is 0 Å². The van der Waals surface area contributed by atoms with E-state index >= 15 is 0 Å². The van der Waals surface area contributed by atoms with Gasteiger partial charge in [0.2, 0.25) is 5.91 Å². The minimum atomic E-state index is -1.06. The van der Waals surface area contributed by atoms with Gasteiger partial charge in [-0.3, -0.25) is 9.59 Å². The molecule has 1 atom stereocenters. The van der Waals surface area contributed by atoms with Crippen LogP contribution in [0.4, 0.5) is 4.79 Å². The van der Waals surface area contributed by atoms with Gasteiger partial charge in [0, 0.05) is 32.5 Å². The van der Waals surface area contributed by atoms with E-state index in [4.69, 9.17) is 9.84 Å². The van der Waals surface area contributed by atoms with Gasteiger partial charge in [-0.05, 0) is 28.7 Å². The molecule has 3 rings (SSSR count). The number of carboxylic acids is 1. The van der Waals surface area contributed by atoms with E-state index in [1.54, 1.807) is 7.05 Å². The molecule has 0 aliphatic heterocycles. The van der Waals surface area contributed by atoms with Crippen molar-refractivity contribution in [3.05, 3.63) is 59.7 Å². The van der Waals surface area contributed by atoms with Crippen LogP contribution in [0.1, 0.15) is 36.3 Å². The smallest absolute Gasteiger partial charge is 0.407 e. The summed E-state index contributed by atoms with van der Waals surface area (Å²) in [6.45, 7) is 0.338. The molecule has 3 N–H and O–H groups in total. The topological polar surface area (TPSA) is 116 Å². The minimum absolute atomic E-state index is 0.0243. The van der Waals surface area contributed by atoms with Gasteiger partial charge in [0.1, 0.15) is 6.61 Å². The van der Waals surface area contributed by atoms with Crippen molar-refractivity contribution in [1.82, 2.24) is 10.2 Å². The fourth-order valence-corrected chi connectivity index (χ4v) is 3.87. The van der Waals surface area contributed by atoms with E-state index in [1.165, 1.54) is 4.90 Å². The van der Waals surface area contributed by atoms with Crippen molar-refractivity contribution in [2.45, 2.75) is 31.3 Å². The lowest BCUT2D eigenvalue weighted by molar-refractivity contribution is -0.138. The minimum Gasteiger partial charge on any atom is -0.481 e. The number of carbonyl (C=O) groups excluding carboxylic acids is 2. The van der Waals surface area contributed by atoms with Crippen molar-refractivity contribution < 1.29 is 29.3 Å². The van der Waals surface area contributed by atoms with Crippen LogP contribution in [-0.4, -0.2) is 65.9 Å². The molecule has 0 fully saturated rings. The number of fused-ring (bicyclic) bond motifs is 3. The molecule has 2 aromatic carbocycles. The lowest BCUT2D eigenvalue weighted by atomic mass is 9.98. The molecule has 0 spiro atoms. The highest BCUT2D eigenvalue weighted by Gasteiger charge is 2.29. The summed E-state index contributed by atoms with van der Waals surface area (Å²) >= 11 is 0. The van der Waals surface area contributed by atoms with Crippen molar-refractivity contribution in [3.63, 3.8) is 0 Å². The summed E-state index contributed by atoms with van der Waals surface area (Å²) in [7, 11) is 1.55. The zero-order valence-corrected chi connectivity index (χ0v) is 18.0. The molecular formula is C24H28N2O6. The number of nitrogens with zero attached hydrogens (tertiary/aromatic N) is 1. The first-order valence-electron chi connectivity index (χ1n) is 10.6. The number of benzene rings is 2. The predicted molar refractivity (Wildman–Crippen MR) is 118 cm³/mol. The van der Waals surface area contributed by atoms with Crippen molar-refractivity contribution in [2.75, 3.05) is 26.7 Å². The van der Waals surface area contributed by atoms with Crippen LogP contribution in [0.5, 0.6) is 0 Å². The van der Waals surface area contributed by atoms with Crippen LogP contribution in [0.2, 0.25) is 0 Å². The summed E-state index contributed by atoms with van der Waals surface area (Å²) in [4.78, 5) is 36.2. The zero-order valence-electron chi connectivity index (χ0n) is 18.0. The number of aliphatic hydroxyl groups excluding tert-OH is 1. The lowest BCUT2D eigenvalue weighted by Gasteiger charge is -2.19. The first kappa shape index (κ1) is 23.3. The number of alkyl carbamates (subject to hydrolysis) is 1. The number of ether oxygens (including phenoxy) is 1. The van der Waals surface area contributed by atoms with Gasteiger partial charge in [-0.25, -0.2) is 4.79 Å². The fraction of sp³-hybridized carbons (Fsp3) is 0.375. The fourth-order valence-electron chi connectivity index (χ4n) is 3.87. The molecule has 8 heteroatoms. The third-order valence-corrected chi connectivity index (χ3v) is 5.55. The first-order valence-corrected chi connectivity index (χ1v) is 10.6. The quantitative estimate of drug-likeness (QED) is 0.523. The molecule has 0 radical (unpaired) electrons. The van der Waals surface area contributed by atoms with Crippen LogP contribution in [0.15, 0.2) is 48.5 Å². The third-order valence-electron chi connectivity index (χ3n) is 5.55. The second-order valence-corrected chi connectivity index (χ2v) is 7.88. The number of hydrogen-bond donors (Lipinski definition) is 3. The Morgan fingerprint density at radius 2 is 1.66 bits per heavy atom. The number of hydrogen-bond acceptors (Lipinski definition) is 5. The van der Waals surface area contributed by atoms with E-state index in [1.807, 2.05) is 36.4 Å². The van der Waals surface area contributed by atoms with Crippen molar-refractivity contribution in [2.24, 2.45) is 0 Å². The molecule has 0 heterocycles. The third kappa shape index (κ3) is 5.85. The van der Waals surface area contributed by atoms with Crippen LogP contribution in [0, 0.1) is 0 Å². The SMILES string of the molecule is CN(CCCC(=O)O)C(=O)CC(O)CNC(=O)OCC1c2ccccc2-c2ccccc21. The van der Waals surface area contributed by atoms with Gasteiger partial charge in [0.25, 0.3) is 0 Å². The number of carboxylic acid groups (broad SMARTS) is 1. The summed E-state index contributed by atoms with van der Waals surface area (Å²) in [6.07, 6.45) is -1.58. The number of nitrogens with one attached hydrogen (secondary N) is 1. The van der Waals surface area contributed by atoms with Gasteiger partial charge < -0.3 is 25.2 Å². The predicted octanol–water partition coefficient (Wildman–Crippen LogP) is 2.60. The largest absolute Gasteiger partial charge is 0.481 e. The Kier molecular flexibility index (Phi) is 7.83. The molecule has 2 aromatic rings. The molecule has 1 unspecified atom stereocenters.